The van der Waals surface area contributed by atoms with Crippen LogP contribution in [0, 0.1) is 11.8 Å². The summed E-state index contributed by atoms with van der Waals surface area (Å²) in [6.07, 6.45) is 10.2. The number of hydrogen-bond donors (Lipinski definition) is 0. The molecule has 0 aliphatic heterocycles. The Labute approximate surface area is 303 Å². The number of allylic oxidation sites excluding steroid dienone is 5. The summed E-state index contributed by atoms with van der Waals surface area (Å²) in [7, 11) is 52.8. The minimum atomic E-state index is -0.268. The fourth-order valence-electron chi connectivity index (χ4n) is 8.12. The summed E-state index contributed by atoms with van der Waals surface area (Å²) in [6.45, 7) is 10.4. The molecule has 0 amide bonds. The Kier molecular flexibility index (Phi) is 10.2. The first kappa shape index (κ1) is 35.4. The Bertz CT molecular complexity index is 2130. The molecule has 0 nitrogen and oxygen atoms in total. The van der Waals surface area contributed by atoms with Crippen molar-refractivity contribution in [2.24, 2.45) is 11.8 Å². The Balaban J connectivity index is 1.71. The average Bonchev–Trinajstić information content (AvgIpc) is 3.09. The maximum absolute atomic E-state index is 7.17. The van der Waals surface area contributed by atoms with Crippen molar-refractivity contribution in [1.29, 1.82) is 0 Å². The van der Waals surface area contributed by atoms with Crippen molar-refractivity contribution in [1.82, 2.24) is 0 Å². The van der Waals surface area contributed by atoms with Crippen LogP contribution >= 0.6 is 0 Å². The van der Waals surface area contributed by atoms with Gasteiger partial charge in [-0.1, -0.05) is 109 Å². The quantitative estimate of drug-likeness (QED) is 0.149. The van der Waals surface area contributed by atoms with Crippen molar-refractivity contribution in [3.63, 3.8) is 0 Å². The SMILES string of the molecule is [B]C(=C)/C([B])=C/C=C\[C@@H](C)c1c([B])c([B])c(-c2c3ccccc3c(C3CCC(C(C)C)CC3)c3ccccc23)c2c([B])c([B])c([B])c([B])c12. The largest absolute Gasteiger partial charge is 0.113 e. The standard InChI is InChI=1S/C41H34B8/c1-20(2)23-16-18-24(19-17-23)31-25-11-5-7-13-27(25)32(28-14-8-6-12-26(28)31)34-35-33(38(46)40(48)41(49)39(35)47)30(36(44)37(34)45)21(3)10-9-15-29(43)22(4)42/h5-15,20-21,23-24H,4,16-19H2,1-3H3/b10-9-,29-15-/t21-,23?,24?/m1/s1. The molecule has 222 valence electrons. The van der Waals surface area contributed by atoms with Gasteiger partial charge in [0.2, 0.25) is 0 Å². The molecule has 0 N–H and O–H groups in total. The molecule has 0 heterocycles. The second kappa shape index (κ2) is 14.1. The zero-order chi connectivity index (χ0) is 35.3. The summed E-state index contributed by atoms with van der Waals surface area (Å²) in [5.74, 6) is 1.64. The second-order valence-electron chi connectivity index (χ2n) is 14.1. The molecular weight excluding hydrogens is 579 g/mol. The molecule has 5 aromatic rings. The normalized spacial score (nSPS) is 17.8. The smallest absolute Gasteiger partial charge is 0.111 e. The van der Waals surface area contributed by atoms with E-state index in [0.717, 1.165) is 35.1 Å². The summed E-state index contributed by atoms with van der Waals surface area (Å²) >= 11 is 0. The zero-order valence-corrected chi connectivity index (χ0v) is 28.8. The van der Waals surface area contributed by atoms with Crippen LogP contribution in [0.5, 0.6) is 0 Å². The molecular formula is C41H34B8. The highest BCUT2D eigenvalue weighted by Gasteiger charge is 2.29. The van der Waals surface area contributed by atoms with Crippen molar-refractivity contribution < 1.29 is 0 Å². The Morgan fingerprint density at radius 3 is 1.67 bits per heavy atom. The molecule has 0 saturated heterocycles. The lowest BCUT2D eigenvalue weighted by Crippen LogP contribution is -2.49. The summed E-state index contributed by atoms with van der Waals surface area (Å²) in [5.41, 5.74) is 6.26. The molecule has 1 saturated carbocycles. The van der Waals surface area contributed by atoms with Crippen molar-refractivity contribution in [2.75, 3.05) is 0 Å². The second-order valence-corrected chi connectivity index (χ2v) is 14.1. The van der Waals surface area contributed by atoms with Crippen LogP contribution in [0.2, 0.25) is 0 Å². The fraction of sp³-hybridized carbons (Fsp3) is 0.268. The Hall–Kier alpha value is -3.38. The van der Waals surface area contributed by atoms with Crippen LogP contribution in [0.15, 0.2) is 84.3 Å². The van der Waals surface area contributed by atoms with Gasteiger partial charge in [0, 0.05) is 0 Å². The minimum absolute atomic E-state index is 0.211. The number of fused-ring (bicyclic) bond motifs is 3. The fourth-order valence-corrected chi connectivity index (χ4v) is 8.12. The molecule has 8 heteroatoms. The van der Waals surface area contributed by atoms with E-state index < -0.39 is 0 Å². The first-order chi connectivity index (χ1) is 23.3. The minimum Gasteiger partial charge on any atom is -0.111 e. The molecule has 5 aromatic carbocycles. The Morgan fingerprint density at radius 1 is 0.653 bits per heavy atom. The molecule has 0 aromatic heterocycles. The van der Waals surface area contributed by atoms with E-state index in [0.29, 0.717) is 61.1 Å². The van der Waals surface area contributed by atoms with E-state index in [-0.39, 0.29) is 22.3 Å². The molecule has 1 aliphatic carbocycles. The predicted octanol–water partition coefficient (Wildman–Crippen LogP) is 3.90. The first-order valence-electron chi connectivity index (χ1n) is 17.1. The monoisotopic (exact) mass is 614 g/mol. The summed E-state index contributed by atoms with van der Waals surface area (Å²) in [4.78, 5) is 0. The summed E-state index contributed by atoms with van der Waals surface area (Å²) in [5, 5.41) is 5.83. The predicted molar refractivity (Wildman–Crippen MR) is 223 cm³/mol. The van der Waals surface area contributed by atoms with Gasteiger partial charge in [-0.15, -0.1) is 28.4 Å². The van der Waals surface area contributed by atoms with E-state index in [4.69, 9.17) is 62.8 Å². The first-order valence-corrected chi connectivity index (χ1v) is 17.1. The third-order valence-electron chi connectivity index (χ3n) is 10.9. The Morgan fingerprint density at radius 2 is 1.16 bits per heavy atom. The molecule has 16 radical (unpaired) electrons. The topological polar surface area (TPSA) is 0 Å². The van der Waals surface area contributed by atoms with E-state index in [1.54, 1.807) is 6.08 Å². The highest BCUT2D eigenvalue weighted by molar-refractivity contribution is 6.68. The molecule has 1 aliphatic rings. The molecule has 1 atom stereocenters. The van der Waals surface area contributed by atoms with Gasteiger partial charge in [0.25, 0.3) is 0 Å². The highest BCUT2D eigenvalue weighted by Crippen LogP contribution is 2.47. The summed E-state index contributed by atoms with van der Waals surface area (Å²) in [6, 6.07) is 17.2. The van der Waals surface area contributed by atoms with Crippen LogP contribution in [-0.2, 0) is 0 Å². The summed E-state index contributed by atoms with van der Waals surface area (Å²) < 4.78 is 0. The maximum Gasteiger partial charge on any atom is 0.113 e. The van der Waals surface area contributed by atoms with Crippen LogP contribution < -0.4 is 32.8 Å². The van der Waals surface area contributed by atoms with Gasteiger partial charge in [-0.25, -0.2) is 0 Å². The lowest BCUT2D eigenvalue weighted by molar-refractivity contribution is 0.260. The van der Waals surface area contributed by atoms with Gasteiger partial charge in [0.1, 0.15) is 62.8 Å². The van der Waals surface area contributed by atoms with Crippen LogP contribution in [-0.4, -0.2) is 62.8 Å². The van der Waals surface area contributed by atoms with Crippen LogP contribution in [0.1, 0.15) is 69.4 Å². The molecule has 0 spiro atoms. The van der Waals surface area contributed by atoms with Gasteiger partial charge in [-0.3, -0.25) is 0 Å². The molecule has 6 rings (SSSR count). The molecule has 1 fully saturated rings. The third kappa shape index (κ3) is 6.17. The van der Waals surface area contributed by atoms with Gasteiger partial charge in [-0.2, -0.15) is 0 Å². The number of rotatable bonds is 7. The highest BCUT2D eigenvalue weighted by atomic mass is 14.3. The van der Waals surface area contributed by atoms with E-state index >= 15 is 0 Å². The van der Waals surface area contributed by atoms with Gasteiger partial charge in [-0.05, 0) is 104 Å². The van der Waals surface area contributed by atoms with Gasteiger partial charge >= 0.3 is 0 Å². The maximum atomic E-state index is 7.17. The van der Waals surface area contributed by atoms with Crippen LogP contribution in [0.25, 0.3) is 43.4 Å². The van der Waals surface area contributed by atoms with E-state index in [1.165, 1.54) is 29.2 Å². The van der Waals surface area contributed by atoms with Gasteiger partial charge in [0.05, 0.1) is 0 Å². The van der Waals surface area contributed by atoms with E-state index in [2.05, 4.69) is 69.0 Å². The van der Waals surface area contributed by atoms with Crippen molar-refractivity contribution in [3.8, 4) is 11.1 Å². The van der Waals surface area contributed by atoms with Crippen LogP contribution in [0.3, 0.4) is 0 Å². The van der Waals surface area contributed by atoms with Gasteiger partial charge < -0.3 is 0 Å². The van der Waals surface area contributed by atoms with Crippen molar-refractivity contribution in [2.45, 2.75) is 58.3 Å². The molecule has 0 bridgehead atoms. The van der Waals surface area contributed by atoms with E-state index in [9.17, 15) is 0 Å². The molecule has 0 unspecified atom stereocenters. The van der Waals surface area contributed by atoms with Gasteiger partial charge in [0.15, 0.2) is 0 Å². The zero-order valence-electron chi connectivity index (χ0n) is 28.8. The van der Waals surface area contributed by atoms with E-state index in [1.807, 2.05) is 19.1 Å². The number of benzene rings is 5. The van der Waals surface area contributed by atoms with Crippen molar-refractivity contribution >= 4 is 128 Å². The van der Waals surface area contributed by atoms with Crippen LogP contribution in [0.4, 0.5) is 0 Å². The third-order valence-corrected chi connectivity index (χ3v) is 10.9. The number of hydrogen-bond acceptors (Lipinski definition) is 0. The molecule has 49 heavy (non-hydrogen) atoms. The van der Waals surface area contributed by atoms with Crippen molar-refractivity contribution in [3.05, 3.63) is 95.4 Å². The lowest BCUT2D eigenvalue weighted by Gasteiger charge is -2.33. The lowest BCUT2D eigenvalue weighted by atomic mass is 9.59. The average molecular weight is 613 g/mol.